The largest absolute Gasteiger partial charge is 0.352 e. The SMILES string of the molecule is NC(=O)NCc1ccc(C(=O)Nc2nc3ccccc3s2)cc1. The van der Waals surface area contributed by atoms with Crippen molar-refractivity contribution in [1.29, 1.82) is 0 Å². The number of fused-ring (bicyclic) bond motifs is 1. The number of primary amides is 1. The third-order valence-electron chi connectivity index (χ3n) is 3.20. The Morgan fingerprint density at radius 2 is 1.83 bits per heavy atom. The zero-order valence-electron chi connectivity index (χ0n) is 12.1. The van der Waals surface area contributed by atoms with Crippen LogP contribution in [0.25, 0.3) is 10.2 Å². The Morgan fingerprint density at radius 1 is 1.09 bits per heavy atom. The molecule has 3 amide bonds. The van der Waals surface area contributed by atoms with Crippen LogP contribution in [0.2, 0.25) is 0 Å². The Hall–Kier alpha value is -2.93. The Balaban J connectivity index is 1.69. The van der Waals surface area contributed by atoms with E-state index in [0.717, 1.165) is 15.8 Å². The van der Waals surface area contributed by atoms with Crippen LogP contribution in [-0.2, 0) is 6.54 Å². The summed E-state index contributed by atoms with van der Waals surface area (Å²) in [7, 11) is 0. The highest BCUT2D eigenvalue weighted by atomic mass is 32.1. The number of nitrogens with two attached hydrogens (primary N) is 1. The number of rotatable bonds is 4. The average Bonchev–Trinajstić information content (AvgIpc) is 2.95. The number of hydrogen-bond acceptors (Lipinski definition) is 4. The lowest BCUT2D eigenvalue weighted by Gasteiger charge is -2.04. The molecule has 4 N–H and O–H groups in total. The van der Waals surface area contributed by atoms with Crippen molar-refractivity contribution in [3.05, 3.63) is 59.7 Å². The molecule has 0 aliphatic rings. The molecule has 0 saturated heterocycles. The van der Waals surface area contributed by atoms with Crippen molar-refractivity contribution in [3.63, 3.8) is 0 Å². The minimum absolute atomic E-state index is 0.224. The van der Waals surface area contributed by atoms with E-state index in [9.17, 15) is 9.59 Å². The van der Waals surface area contributed by atoms with Gasteiger partial charge in [-0.3, -0.25) is 10.1 Å². The maximum Gasteiger partial charge on any atom is 0.312 e. The molecule has 0 saturated carbocycles. The number of aromatic nitrogens is 1. The number of para-hydroxylation sites is 1. The van der Waals surface area contributed by atoms with E-state index in [2.05, 4.69) is 15.6 Å². The highest BCUT2D eigenvalue weighted by Crippen LogP contribution is 2.25. The van der Waals surface area contributed by atoms with Crippen molar-refractivity contribution in [2.75, 3.05) is 5.32 Å². The fourth-order valence-electron chi connectivity index (χ4n) is 2.06. The maximum absolute atomic E-state index is 12.2. The molecule has 3 aromatic rings. The van der Waals surface area contributed by atoms with E-state index < -0.39 is 6.03 Å². The van der Waals surface area contributed by atoms with E-state index in [0.29, 0.717) is 17.2 Å². The molecule has 0 radical (unpaired) electrons. The lowest BCUT2D eigenvalue weighted by molar-refractivity contribution is 0.102. The van der Waals surface area contributed by atoms with Gasteiger partial charge < -0.3 is 11.1 Å². The fourth-order valence-corrected chi connectivity index (χ4v) is 2.92. The van der Waals surface area contributed by atoms with Crippen LogP contribution in [0.15, 0.2) is 48.5 Å². The van der Waals surface area contributed by atoms with Crippen molar-refractivity contribution in [1.82, 2.24) is 10.3 Å². The first-order valence-electron chi connectivity index (χ1n) is 6.91. The molecule has 0 bridgehead atoms. The lowest BCUT2D eigenvalue weighted by atomic mass is 10.1. The molecule has 23 heavy (non-hydrogen) atoms. The molecule has 3 rings (SSSR count). The van der Waals surface area contributed by atoms with Gasteiger partial charge in [0, 0.05) is 12.1 Å². The van der Waals surface area contributed by atoms with Crippen LogP contribution >= 0.6 is 11.3 Å². The van der Waals surface area contributed by atoms with Crippen LogP contribution in [0, 0.1) is 0 Å². The highest BCUT2D eigenvalue weighted by molar-refractivity contribution is 7.22. The van der Waals surface area contributed by atoms with Gasteiger partial charge in [0.2, 0.25) is 0 Å². The monoisotopic (exact) mass is 326 g/mol. The molecule has 0 spiro atoms. The number of thiazole rings is 1. The van der Waals surface area contributed by atoms with Crippen molar-refractivity contribution < 1.29 is 9.59 Å². The number of hydrogen-bond donors (Lipinski definition) is 3. The van der Waals surface area contributed by atoms with Crippen LogP contribution < -0.4 is 16.4 Å². The van der Waals surface area contributed by atoms with Gasteiger partial charge in [0.15, 0.2) is 5.13 Å². The van der Waals surface area contributed by atoms with Gasteiger partial charge in [-0.25, -0.2) is 9.78 Å². The predicted molar refractivity (Wildman–Crippen MR) is 90.4 cm³/mol. The van der Waals surface area contributed by atoms with Crippen LogP contribution in [-0.4, -0.2) is 16.9 Å². The van der Waals surface area contributed by atoms with Crippen LogP contribution in [0.1, 0.15) is 15.9 Å². The van der Waals surface area contributed by atoms with Crippen molar-refractivity contribution in [2.45, 2.75) is 6.54 Å². The number of carbonyl (C=O) groups excluding carboxylic acids is 2. The van der Waals surface area contributed by atoms with Crippen LogP contribution in [0.3, 0.4) is 0 Å². The molecule has 1 aromatic heterocycles. The first-order chi connectivity index (χ1) is 11.1. The first-order valence-corrected chi connectivity index (χ1v) is 7.72. The predicted octanol–water partition coefficient (Wildman–Crippen LogP) is 2.72. The van der Waals surface area contributed by atoms with Crippen molar-refractivity contribution in [3.8, 4) is 0 Å². The van der Waals surface area contributed by atoms with E-state index in [1.807, 2.05) is 24.3 Å². The van der Waals surface area contributed by atoms with Crippen LogP contribution in [0.5, 0.6) is 0 Å². The quantitative estimate of drug-likeness (QED) is 0.687. The molecular formula is C16H14N4O2S. The average molecular weight is 326 g/mol. The molecule has 116 valence electrons. The Labute approximate surface area is 136 Å². The zero-order chi connectivity index (χ0) is 16.2. The lowest BCUT2D eigenvalue weighted by Crippen LogP contribution is -2.28. The van der Waals surface area contributed by atoms with Gasteiger partial charge in [0.1, 0.15) is 0 Å². The molecular weight excluding hydrogens is 312 g/mol. The van der Waals surface area contributed by atoms with E-state index in [-0.39, 0.29) is 5.91 Å². The van der Waals surface area contributed by atoms with E-state index >= 15 is 0 Å². The van der Waals surface area contributed by atoms with E-state index in [4.69, 9.17) is 5.73 Å². The van der Waals surface area contributed by atoms with Crippen molar-refractivity contribution >= 4 is 38.6 Å². The third-order valence-corrected chi connectivity index (χ3v) is 4.15. The molecule has 0 atom stereocenters. The summed E-state index contributed by atoms with van der Waals surface area (Å²) < 4.78 is 1.02. The van der Waals surface area contributed by atoms with Gasteiger partial charge in [0.25, 0.3) is 5.91 Å². The Kier molecular flexibility index (Phi) is 4.20. The topological polar surface area (TPSA) is 97.1 Å². The number of nitrogens with zero attached hydrogens (tertiary/aromatic N) is 1. The molecule has 0 aliphatic carbocycles. The molecule has 0 fully saturated rings. The third kappa shape index (κ3) is 3.64. The zero-order valence-corrected chi connectivity index (χ0v) is 12.9. The van der Waals surface area contributed by atoms with Gasteiger partial charge in [-0.15, -0.1) is 0 Å². The summed E-state index contributed by atoms with van der Waals surface area (Å²) in [5.74, 6) is -0.224. The van der Waals surface area contributed by atoms with Gasteiger partial charge in [-0.05, 0) is 29.8 Å². The number of amides is 3. The summed E-state index contributed by atoms with van der Waals surface area (Å²) in [6, 6.07) is 14.1. The van der Waals surface area contributed by atoms with Crippen LogP contribution in [0.4, 0.5) is 9.93 Å². The van der Waals surface area contributed by atoms with Gasteiger partial charge in [-0.1, -0.05) is 35.6 Å². The summed E-state index contributed by atoms with van der Waals surface area (Å²) in [6.45, 7) is 0.328. The summed E-state index contributed by atoms with van der Waals surface area (Å²) in [5.41, 5.74) is 7.26. The maximum atomic E-state index is 12.2. The van der Waals surface area contributed by atoms with Gasteiger partial charge in [0.05, 0.1) is 10.2 Å². The van der Waals surface area contributed by atoms with Gasteiger partial charge >= 0.3 is 6.03 Å². The number of urea groups is 1. The summed E-state index contributed by atoms with van der Waals surface area (Å²) in [6.07, 6.45) is 0. The molecule has 2 aromatic carbocycles. The number of nitrogens with one attached hydrogen (secondary N) is 2. The Morgan fingerprint density at radius 3 is 2.52 bits per heavy atom. The summed E-state index contributed by atoms with van der Waals surface area (Å²) >= 11 is 1.43. The Bertz CT molecular complexity index is 825. The second kappa shape index (κ2) is 6.45. The number of carbonyl (C=O) groups is 2. The minimum atomic E-state index is -0.581. The smallest absolute Gasteiger partial charge is 0.312 e. The number of anilines is 1. The first kappa shape index (κ1) is 15.0. The molecule has 0 unspecified atom stereocenters. The van der Waals surface area contributed by atoms with E-state index in [1.165, 1.54) is 11.3 Å². The summed E-state index contributed by atoms with van der Waals surface area (Å²) in [4.78, 5) is 27.3. The van der Waals surface area contributed by atoms with Crippen molar-refractivity contribution in [2.24, 2.45) is 5.73 Å². The number of benzene rings is 2. The normalized spacial score (nSPS) is 10.4. The van der Waals surface area contributed by atoms with E-state index in [1.54, 1.807) is 24.3 Å². The second-order valence-corrected chi connectivity index (χ2v) is 5.89. The highest BCUT2D eigenvalue weighted by Gasteiger charge is 2.09. The standard InChI is InChI=1S/C16H14N4O2S/c17-15(22)18-9-10-5-7-11(8-6-10)14(21)20-16-19-12-3-1-2-4-13(12)23-16/h1-8H,9H2,(H3,17,18,22)(H,19,20,21). The molecule has 1 heterocycles. The summed E-state index contributed by atoms with van der Waals surface area (Å²) in [5, 5.41) is 5.86. The minimum Gasteiger partial charge on any atom is -0.352 e. The molecule has 0 aliphatic heterocycles. The second-order valence-electron chi connectivity index (χ2n) is 4.86. The van der Waals surface area contributed by atoms with Gasteiger partial charge in [-0.2, -0.15) is 0 Å². The molecule has 7 heteroatoms. The fraction of sp³-hybridized carbons (Fsp3) is 0.0625. The molecule has 6 nitrogen and oxygen atoms in total.